The average Bonchev–Trinajstić information content (AvgIpc) is 2.62. The first-order valence-corrected chi connectivity index (χ1v) is 8.79. The van der Waals surface area contributed by atoms with E-state index in [1.165, 1.54) is 18.6 Å². The first-order valence-electron chi connectivity index (χ1n) is 8.79. The van der Waals surface area contributed by atoms with Crippen LogP contribution >= 0.6 is 0 Å². The van der Waals surface area contributed by atoms with Gasteiger partial charge in [-0.15, -0.1) is 0 Å². The molecule has 0 aromatic heterocycles. The molecule has 4 rings (SSSR count). The highest BCUT2D eigenvalue weighted by atomic mass is 19.1. The van der Waals surface area contributed by atoms with Gasteiger partial charge in [0.2, 0.25) is 0 Å². The molecule has 0 radical (unpaired) electrons. The Bertz CT molecular complexity index is 810. The lowest BCUT2D eigenvalue weighted by Gasteiger charge is -2.44. The SMILES string of the molecule is Fc1ccc(CN=C2Nc3ccccc3NC23CCCCC3)c(F)c1. The highest BCUT2D eigenvalue weighted by molar-refractivity contribution is 6.09. The van der Waals surface area contributed by atoms with E-state index in [0.717, 1.165) is 49.0 Å². The average molecular weight is 341 g/mol. The van der Waals surface area contributed by atoms with Crippen LogP contribution in [0.15, 0.2) is 47.5 Å². The smallest absolute Gasteiger partial charge is 0.131 e. The van der Waals surface area contributed by atoms with Gasteiger partial charge in [0.25, 0.3) is 0 Å². The maximum absolute atomic E-state index is 13.9. The molecule has 1 aliphatic carbocycles. The van der Waals surface area contributed by atoms with Crippen molar-refractivity contribution in [3.8, 4) is 0 Å². The molecule has 2 aromatic carbocycles. The fourth-order valence-corrected chi connectivity index (χ4v) is 3.79. The molecular formula is C20H21F2N3. The number of amidine groups is 1. The van der Waals surface area contributed by atoms with Crippen molar-refractivity contribution in [1.82, 2.24) is 0 Å². The highest BCUT2D eigenvalue weighted by Gasteiger charge is 2.40. The van der Waals surface area contributed by atoms with Crippen molar-refractivity contribution in [2.24, 2.45) is 4.99 Å². The lowest BCUT2D eigenvalue weighted by Crippen LogP contribution is -2.53. The number of benzene rings is 2. The van der Waals surface area contributed by atoms with Crippen LogP contribution in [0, 0.1) is 11.6 Å². The Balaban J connectivity index is 1.67. The van der Waals surface area contributed by atoms with Gasteiger partial charge in [-0.3, -0.25) is 4.99 Å². The maximum Gasteiger partial charge on any atom is 0.131 e. The van der Waals surface area contributed by atoms with Crippen molar-refractivity contribution in [3.63, 3.8) is 0 Å². The summed E-state index contributed by atoms with van der Waals surface area (Å²) < 4.78 is 27.0. The van der Waals surface area contributed by atoms with Crippen molar-refractivity contribution in [3.05, 3.63) is 59.7 Å². The van der Waals surface area contributed by atoms with E-state index in [1.54, 1.807) is 0 Å². The monoisotopic (exact) mass is 341 g/mol. The molecular weight excluding hydrogens is 320 g/mol. The third kappa shape index (κ3) is 3.11. The molecule has 0 saturated heterocycles. The van der Waals surface area contributed by atoms with E-state index in [9.17, 15) is 8.78 Å². The molecule has 3 nitrogen and oxygen atoms in total. The summed E-state index contributed by atoms with van der Waals surface area (Å²) in [6.45, 7) is 0.194. The summed E-state index contributed by atoms with van der Waals surface area (Å²) in [6.07, 6.45) is 5.50. The van der Waals surface area contributed by atoms with Crippen molar-refractivity contribution in [2.75, 3.05) is 10.6 Å². The van der Waals surface area contributed by atoms with Crippen LogP contribution < -0.4 is 10.6 Å². The number of anilines is 2. The van der Waals surface area contributed by atoms with Gasteiger partial charge in [0.05, 0.1) is 23.5 Å². The predicted molar refractivity (Wildman–Crippen MR) is 97.0 cm³/mol. The Morgan fingerprint density at radius 2 is 1.72 bits per heavy atom. The molecule has 2 aromatic rings. The summed E-state index contributed by atoms with van der Waals surface area (Å²) in [5.41, 5.74) is 2.25. The number of para-hydroxylation sites is 2. The van der Waals surface area contributed by atoms with Crippen molar-refractivity contribution >= 4 is 17.2 Å². The first-order chi connectivity index (χ1) is 12.2. The van der Waals surface area contributed by atoms with E-state index in [1.807, 2.05) is 18.2 Å². The molecule has 1 fully saturated rings. The van der Waals surface area contributed by atoms with Crippen LogP contribution in [-0.2, 0) is 6.54 Å². The molecule has 5 heteroatoms. The van der Waals surface area contributed by atoms with Gasteiger partial charge in [0.1, 0.15) is 17.5 Å². The topological polar surface area (TPSA) is 36.4 Å². The molecule has 1 saturated carbocycles. The maximum atomic E-state index is 13.9. The number of nitrogens with one attached hydrogen (secondary N) is 2. The van der Waals surface area contributed by atoms with E-state index >= 15 is 0 Å². The van der Waals surface area contributed by atoms with E-state index in [0.29, 0.717) is 5.56 Å². The Morgan fingerprint density at radius 1 is 0.960 bits per heavy atom. The van der Waals surface area contributed by atoms with Gasteiger partial charge in [0, 0.05) is 11.6 Å². The van der Waals surface area contributed by atoms with Crippen LogP contribution in [0.5, 0.6) is 0 Å². The third-order valence-corrected chi connectivity index (χ3v) is 5.14. The standard InChI is InChI=1S/C20H21F2N3/c21-15-9-8-14(16(22)12-15)13-23-19-20(10-4-1-5-11-20)25-18-7-3-2-6-17(18)24-19/h2-3,6-9,12,25H,1,4-5,10-11,13H2,(H,23,24). The van der Waals surface area contributed by atoms with Crippen LogP contribution in [0.3, 0.4) is 0 Å². The van der Waals surface area contributed by atoms with Crippen LogP contribution in [0.1, 0.15) is 37.7 Å². The summed E-state index contributed by atoms with van der Waals surface area (Å²) in [7, 11) is 0. The Labute approximate surface area is 146 Å². The predicted octanol–water partition coefficient (Wildman–Crippen LogP) is 5.10. The minimum Gasteiger partial charge on any atom is -0.371 e. The zero-order valence-electron chi connectivity index (χ0n) is 14.0. The van der Waals surface area contributed by atoms with Gasteiger partial charge in [-0.2, -0.15) is 0 Å². The van der Waals surface area contributed by atoms with Crippen LogP contribution in [0.25, 0.3) is 0 Å². The van der Waals surface area contributed by atoms with Gasteiger partial charge >= 0.3 is 0 Å². The number of nitrogens with zero attached hydrogens (tertiary/aromatic N) is 1. The van der Waals surface area contributed by atoms with Crippen LogP contribution in [0.2, 0.25) is 0 Å². The van der Waals surface area contributed by atoms with E-state index in [2.05, 4.69) is 16.7 Å². The molecule has 1 spiro atoms. The Morgan fingerprint density at radius 3 is 2.48 bits per heavy atom. The molecule has 2 N–H and O–H groups in total. The number of hydrogen-bond donors (Lipinski definition) is 2. The van der Waals surface area contributed by atoms with E-state index in [4.69, 9.17) is 4.99 Å². The minimum atomic E-state index is -0.566. The van der Waals surface area contributed by atoms with Crippen molar-refractivity contribution in [1.29, 1.82) is 0 Å². The molecule has 0 unspecified atom stereocenters. The number of hydrogen-bond acceptors (Lipinski definition) is 2. The molecule has 2 aliphatic rings. The largest absolute Gasteiger partial charge is 0.371 e. The zero-order chi connectivity index (χ0) is 17.3. The first kappa shape index (κ1) is 16.1. The van der Waals surface area contributed by atoms with Crippen LogP contribution in [-0.4, -0.2) is 11.4 Å². The summed E-state index contributed by atoms with van der Waals surface area (Å²) in [4.78, 5) is 4.70. The highest BCUT2D eigenvalue weighted by Crippen LogP contribution is 2.39. The van der Waals surface area contributed by atoms with Crippen LogP contribution in [0.4, 0.5) is 20.2 Å². The molecule has 0 amide bonds. The molecule has 0 atom stereocenters. The lowest BCUT2D eigenvalue weighted by molar-refractivity contribution is 0.402. The lowest BCUT2D eigenvalue weighted by atomic mass is 9.79. The Kier molecular flexibility index (Phi) is 4.15. The number of halogens is 2. The number of rotatable bonds is 2. The number of aliphatic imine (C=N–C) groups is 1. The quantitative estimate of drug-likeness (QED) is 0.797. The van der Waals surface area contributed by atoms with Gasteiger partial charge in [0.15, 0.2) is 0 Å². The summed E-state index contributed by atoms with van der Waals surface area (Å²) >= 11 is 0. The van der Waals surface area contributed by atoms with Gasteiger partial charge < -0.3 is 10.6 Å². The normalized spacial score (nSPS) is 20.0. The van der Waals surface area contributed by atoms with E-state index < -0.39 is 11.6 Å². The van der Waals surface area contributed by atoms with E-state index in [-0.39, 0.29) is 12.1 Å². The van der Waals surface area contributed by atoms with Gasteiger partial charge in [-0.05, 0) is 31.0 Å². The zero-order valence-corrected chi connectivity index (χ0v) is 14.0. The second-order valence-corrected chi connectivity index (χ2v) is 6.84. The fraction of sp³-hybridized carbons (Fsp3) is 0.350. The number of fused-ring (bicyclic) bond motifs is 1. The summed E-state index contributed by atoms with van der Waals surface area (Å²) in [5, 5.41) is 7.12. The summed E-state index contributed by atoms with van der Waals surface area (Å²) in [5.74, 6) is -0.259. The minimum absolute atomic E-state index is 0.194. The van der Waals surface area contributed by atoms with Crippen molar-refractivity contribution in [2.45, 2.75) is 44.2 Å². The van der Waals surface area contributed by atoms with Gasteiger partial charge in [-0.25, -0.2) is 8.78 Å². The second-order valence-electron chi connectivity index (χ2n) is 6.84. The van der Waals surface area contributed by atoms with Gasteiger partial charge in [-0.1, -0.05) is 37.5 Å². The Hall–Kier alpha value is -2.43. The molecule has 1 heterocycles. The molecule has 25 heavy (non-hydrogen) atoms. The molecule has 0 bridgehead atoms. The molecule has 130 valence electrons. The molecule has 1 aliphatic heterocycles. The summed E-state index contributed by atoms with van der Waals surface area (Å²) in [6, 6.07) is 11.7. The van der Waals surface area contributed by atoms with Crippen molar-refractivity contribution < 1.29 is 8.78 Å². The third-order valence-electron chi connectivity index (χ3n) is 5.14. The fourth-order valence-electron chi connectivity index (χ4n) is 3.79. The second kappa shape index (κ2) is 6.47.